The Morgan fingerprint density at radius 3 is 1.25 bits per heavy atom. The molecule has 14 atom stereocenters. The highest BCUT2D eigenvalue weighted by Gasteiger charge is 2.71. The molecule has 2 aliphatic heterocycles. The van der Waals surface area contributed by atoms with Gasteiger partial charge in [-0.15, -0.1) is 0 Å². The van der Waals surface area contributed by atoms with Gasteiger partial charge in [-0.1, -0.05) is 0 Å². The lowest BCUT2D eigenvalue weighted by Crippen LogP contribution is -2.28. The number of pyridine rings is 2. The standard InChI is InChI=1S/2C14H21N5O8P2.C12H18N4O9P2.C12H16N4O3/c2*1-7-17-12(15-2)11-13(18-7)19(6-16-11)9-3-10(27-29(23,24)25)14(4-8(9)14)5-26-28(20,21)22;1-13-7-2-3-14-12-11(7)15-6-16(12)10-4-8(25-27(20,21)22)9(24-10)5-23-26(17,18)19;1-13-7-2-3-14-12-11(7)15-6-16(12)10-4-8(18)9(5-17)19-10/h2*6,8-10H,3-5H2,1-2H3,(H,15,17,18)(H2,20,21,22)(H2,23,24,25);2-3,6,8-10H,4-5H2,1H3,(H,13,14)(H2,17,18,19)(H2,20,21,22);2-3,6,8-10,17-18H,4-5H2,1H3,(H,13,14)/t2*8-,9+,10+,14+;2*8-,9+,10+/m1100/s1. The normalized spacial score (nSPS) is 27.4. The van der Waals surface area contributed by atoms with E-state index >= 15 is 0 Å². The number of rotatable bonds is 24. The van der Waals surface area contributed by atoms with Crippen molar-refractivity contribution in [2.75, 3.05) is 75.9 Å². The van der Waals surface area contributed by atoms with E-state index in [2.05, 4.69) is 84.7 Å². The number of imidazole rings is 4. The van der Waals surface area contributed by atoms with Crippen LogP contribution in [0.15, 0.2) is 49.8 Å². The molecule has 8 aromatic heterocycles. The first-order valence-corrected chi connectivity index (χ1v) is 40.5. The number of nitrogens with one attached hydrogen (secondary N) is 4. The Hall–Kier alpha value is -5.96. The number of aliphatic hydroxyl groups excluding tert-OH is 2. The van der Waals surface area contributed by atoms with Crippen molar-refractivity contribution in [2.24, 2.45) is 22.7 Å². The molecule has 572 valence electrons. The maximum atomic E-state index is 11.5. The molecule has 104 heavy (non-hydrogen) atoms. The number of phosphoric ester groups is 6. The summed E-state index contributed by atoms with van der Waals surface area (Å²) in [4.78, 5) is 153. The van der Waals surface area contributed by atoms with Crippen LogP contribution in [0.5, 0.6) is 0 Å². The Balaban J connectivity index is 0.000000140. The maximum absolute atomic E-state index is 11.5. The molecular weight excluding hydrogens is 1510 g/mol. The molecule has 46 nitrogen and oxygen atoms in total. The number of ether oxygens (including phenoxy) is 2. The van der Waals surface area contributed by atoms with Crippen molar-refractivity contribution in [1.82, 2.24) is 68.1 Å². The molecule has 0 amide bonds. The molecule has 10 heterocycles. The Kier molecular flexibility index (Phi) is 23.0. The number of anilines is 4. The molecule has 0 spiro atoms. The molecule has 4 saturated carbocycles. The molecule has 2 saturated heterocycles. The number of nitrogens with zero attached hydrogens (tertiary/aromatic N) is 14. The summed E-state index contributed by atoms with van der Waals surface area (Å²) in [7, 11) is -21.8. The highest BCUT2D eigenvalue weighted by atomic mass is 31.2. The minimum absolute atomic E-state index is 0.0167. The number of phosphoric acid groups is 6. The molecule has 52 heteroatoms. The van der Waals surface area contributed by atoms with Gasteiger partial charge in [-0.2, -0.15) is 0 Å². The zero-order valence-corrected chi connectivity index (χ0v) is 60.9. The van der Waals surface area contributed by atoms with Crippen molar-refractivity contribution in [3.8, 4) is 0 Å². The van der Waals surface area contributed by atoms with Gasteiger partial charge in [-0.25, -0.2) is 77.2 Å². The van der Waals surface area contributed by atoms with Gasteiger partial charge in [0, 0.05) is 76.3 Å². The van der Waals surface area contributed by atoms with Crippen molar-refractivity contribution in [1.29, 1.82) is 0 Å². The van der Waals surface area contributed by atoms with Crippen LogP contribution in [0.4, 0.5) is 23.0 Å². The average molecular weight is 1590 g/mol. The van der Waals surface area contributed by atoms with E-state index in [1.807, 2.05) is 13.1 Å². The van der Waals surface area contributed by atoms with E-state index in [1.165, 1.54) is 6.33 Å². The predicted molar refractivity (Wildman–Crippen MR) is 357 cm³/mol. The number of aromatic nitrogens is 14. The first-order valence-electron chi connectivity index (χ1n) is 31.4. The van der Waals surface area contributed by atoms with Gasteiger partial charge in [0.05, 0.1) is 81.4 Å². The zero-order chi connectivity index (χ0) is 75.6. The summed E-state index contributed by atoms with van der Waals surface area (Å²) in [5, 5.41) is 30.8. The Morgan fingerprint density at radius 2 is 0.875 bits per heavy atom. The van der Waals surface area contributed by atoms with Crippen LogP contribution in [0.25, 0.3) is 44.7 Å². The van der Waals surface area contributed by atoms with Gasteiger partial charge in [0.25, 0.3) is 0 Å². The third-order valence-electron chi connectivity index (χ3n) is 18.6. The van der Waals surface area contributed by atoms with E-state index in [4.69, 9.17) is 67.3 Å². The molecule has 14 rings (SSSR count). The number of fused-ring (bicyclic) bond motifs is 6. The summed E-state index contributed by atoms with van der Waals surface area (Å²) in [6, 6.07) is 3.01. The number of aryl methyl sites for hydroxylation is 2. The van der Waals surface area contributed by atoms with Crippen LogP contribution in [0.1, 0.15) is 74.7 Å². The summed E-state index contributed by atoms with van der Waals surface area (Å²) in [5.41, 5.74) is 4.49. The molecule has 6 aliphatic rings. The van der Waals surface area contributed by atoms with Gasteiger partial charge in [0.2, 0.25) is 0 Å². The summed E-state index contributed by atoms with van der Waals surface area (Å²) in [5.74, 6) is 1.82. The minimum Gasteiger partial charge on any atom is -0.394 e. The predicted octanol–water partition coefficient (Wildman–Crippen LogP) is 1.89. The summed E-state index contributed by atoms with van der Waals surface area (Å²) in [6.45, 7) is 1.92. The largest absolute Gasteiger partial charge is 0.469 e. The summed E-state index contributed by atoms with van der Waals surface area (Å²) in [6.07, 6.45) is 4.70. The van der Waals surface area contributed by atoms with Gasteiger partial charge >= 0.3 is 46.9 Å². The molecule has 8 aromatic rings. The van der Waals surface area contributed by atoms with Crippen molar-refractivity contribution in [2.45, 2.75) is 114 Å². The minimum atomic E-state index is -4.86. The van der Waals surface area contributed by atoms with Gasteiger partial charge in [-0.05, 0) is 63.5 Å². The van der Waals surface area contributed by atoms with Crippen LogP contribution in [0, 0.1) is 36.5 Å². The maximum Gasteiger partial charge on any atom is 0.469 e. The first-order chi connectivity index (χ1) is 48.7. The fourth-order valence-electron chi connectivity index (χ4n) is 14.0. The smallest absolute Gasteiger partial charge is 0.394 e. The fourth-order valence-corrected chi connectivity index (χ4v) is 17.0. The van der Waals surface area contributed by atoms with E-state index in [0.29, 0.717) is 81.7 Å². The highest BCUT2D eigenvalue weighted by molar-refractivity contribution is 7.47. The monoisotopic (exact) mass is 1590 g/mol. The van der Waals surface area contributed by atoms with Gasteiger partial charge in [0.1, 0.15) is 64.5 Å². The summed E-state index contributed by atoms with van der Waals surface area (Å²) >= 11 is 0. The van der Waals surface area contributed by atoms with E-state index in [9.17, 15) is 52.1 Å². The molecule has 18 N–H and O–H groups in total. The molecule has 0 aromatic carbocycles. The van der Waals surface area contributed by atoms with Crippen molar-refractivity contribution < 1.29 is 133 Å². The third kappa shape index (κ3) is 17.8. The van der Waals surface area contributed by atoms with Crippen LogP contribution >= 0.6 is 46.9 Å². The van der Waals surface area contributed by atoms with Crippen LogP contribution in [-0.2, 0) is 64.0 Å². The highest BCUT2D eigenvalue weighted by Crippen LogP contribution is 2.73. The van der Waals surface area contributed by atoms with E-state index < -0.39 is 107 Å². The lowest BCUT2D eigenvalue weighted by Gasteiger charge is -2.24. The molecule has 4 aliphatic carbocycles. The lowest BCUT2D eigenvalue weighted by molar-refractivity contribution is -0.0432. The zero-order valence-electron chi connectivity index (χ0n) is 55.5. The number of hydrogen-bond acceptors (Lipinski definition) is 30. The molecule has 6 fully saturated rings. The summed E-state index contributed by atoms with van der Waals surface area (Å²) < 4.78 is 114. The Bertz CT molecular complexity index is 4590. The average Bonchev–Trinajstić information content (AvgIpc) is 1.53. The topological polar surface area (TPSA) is 656 Å². The molecule has 0 radical (unpaired) electrons. The van der Waals surface area contributed by atoms with Crippen LogP contribution in [0.2, 0.25) is 0 Å². The van der Waals surface area contributed by atoms with Gasteiger partial charge in [0.15, 0.2) is 34.2 Å². The quantitative estimate of drug-likeness (QED) is 0.0384. The number of aliphatic hydroxyl groups is 2. The SMILES string of the molecule is CNc1ccnc2c1ncn2[C@H]1C[C@H](O)[C@@H](CO)O1.CNc1ccnc2c1ncn2[C@H]1C[C@H](OP(=O)(O)O)[C@@H](COP(=O)(O)O)O1.CNc1nc(C)nc2c1ncn2[C@H]1C[C@H](OP(=O)(O)O)[C@]2(COP(=O)(O)O)C[C@H]12.CNc1nc(C)nc2c1ncn2[C@H]1C[C@H](OP(=O)(O)O)[C@]2(COP(=O)(O)O)C[C@H]12. The molecule has 0 bridgehead atoms. The van der Waals surface area contributed by atoms with Crippen LogP contribution < -0.4 is 21.3 Å². The van der Waals surface area contributed by atoms with E-state index in [0.717, 1.165) is 16.9 Å². The Labute approximate surface area is 587 Å². The third-order valence-corrected chi connectivity index (χ3v) is 21.6. The van der Waals surface area contributed by atoms with Crippen molar-refractivity contribution in [3.63, 3.8) is 0 Å². The van der Waals surface area contributed by atoms with E-state index in [1.54, 1.807) is 90.7 Å². The van der Waals surface area contributed by atoms with E-state index in [-0.39, 0.29) is 69.2 Å². The van der Waals surface area contributed by atoms with Gasteiger partial charge < -0.3 is 109 Å². The van der Waals surface area contributed by atoms with Crippen LogP contribution in [-0.4, -0.2) is 228 Å². The Morgan fingerprint density at radius 1 is 0.481 bits per heavy atom. The second kappa shape index (κ2) is 30.2. The van der Waals surface area contributed by atoms with Crippen LogP contribution in [0.3, 0.4) is 0 Å². The second-order valence-electron chi connectivity index (χ2n) is 25.0. The number of hydrogen-bond donors (Lipinski definition) is 18. The first kappa shape index (κ1) is 79.1. The second-order valence-corrected chi connectivity index (χ2v) is 32.3. The fraction of sp³-hybridized carbons (Fsp3) is 0.577. The van der Waals surface area contributed by atoms with Crippen molar-refractivity contribution in [3.05, 3.63) is 61.5 Å². The molecule has 0 unspecified atom stereocenters. The van der Waals surface area contributed by atoms with Gasteiger partial charge in [-0.3, -0.25) is 36.3 Å². The van der Waals surface area contributed by atoms with Crippen molar-refractivity contribution >= 4 is 115 Å². The lowest BCUT2D eigenvalue weighted by atomic mass is 10.0. The molecular formula is C52H76N18O28P6.